The lowest BCUT2D eigenvalue weighted by molar-refractivity contribution is -0.141. The normalized spacial score (nSPS) is 22.9. The van der Waals surface area contributed by atoms with E-state index in [1.165, 1.54) is 11.1 Å². The van der Waals surface area contributed by atoms with Gasteiger partial charge in [-0.2, -0.15) is 0 Å². The number of rotatable bonds is 17. The average molecular weight is 1030 g/mol. The molecule has 0 amide bonds. The third-order valence-electron chi connectivity index (χ3n) is 16.3. The van der Waals surface area contributed by atoms with Gasteiger partial charge in [0.05, 0.1) is 25.5 Å². The van der Waals surface area contributed by atoms with E-state index >= 15 is 0 Å². The third-order valence-corrected chi connectivity index (χ3v) is 16.3. The lowest BCUT2D eigenvalue weighted by atomic mass is 9.62. The van der Waals surface area contributed by atoms with Crippen LogP contribution in [-0.2, 0) is 36.8 Å². The summed E-state index contributed by atoms with van der Waals surface area (Å²) in [6.45, 7) is 7.68. The van der Waals surface area contributed by atoms with Crippen molar-refractivity contribution >= 4 is 17.0 Å². The number of benzene rings is 5. The zero-order valence-corrected chi connectivity index (χ0v) is 44.4. The van der Waals surface area contributed by atoms with Gasteiger partial charge in [0.2, 0.25) is 0 Å². The maximum absolute atomic E-state index is 12.0. The number of H-pyrrole nitrogens is 1. The molecular weight excluding hydrogens is 955 g/mol. The molecule has 0 saturated carbocycles. The highest BCUT2D eigenvalue weighted by atomic mass is 16.6. The van der Waals surface area contributed by atoms with E-state index in [0.29, 0.717) is 88.5 Å². The Balaban J connectivity index is 1.13. The van der Waals surface area contributed by atoms with Crippen LogP contribution >= 0.6 is 0 Å². The number of aliphatic hydroxyl groups excluding tert-OH is 1. The van der Waals surface area contributed by atoms with Gasteiger partial charge in [-0.05, 0) is 164 Å². The summed E-state index contributed by atoms with van der Waals surface area (Å²) in [6, 6.07) is 26.3. The standard InChI is InChI=1S/C63H73N5O8/c1-37(2)30-62(3,72)34-66-35-68-54-13-9-10-24-73-53-28-42(26-41(58(53)71)15-14-38-11-7-6-8-12-38)61-63(54,74-36-65-5)31-50-47-29-49-55(40-16-20-51-39(25-40)22-23-67-51)43(32-64-4)27-48-52(70)21-19-45(56(48)49)57(47)60-46(59(50)76-61)18-17-44(33-69)75-60/h6-8,11-12,16,19-23,25-28,37,44,49,54-55,61,64-72H,10,14-15,17-18,24,29-36H2,1-5H3. The van der Waals surface area contributed by atoms with Crippen LogP contribution < -0.4 is 35.5 Å². The van der Waals surface area contributed by atoms with E-state index in [2.05, 4.69) is 107 Å². The summed E-state index contributed by atoms with van der Waals surface area (Å²) in [5.74, 6) is 9.39. The molecule has 2 bridgehead atoms. The quantitative estimate of drug-likeness (QED) is 0.0242. The third kappa shape index (κ3) is 9.74. The summed E-state index contributed by atoms with van der Waals surface area (Å²) in [6.07, 6.45) is 7.34. The topological polar surface area (TPSA) is 182 Å². The number of hydrogen-bond acceptors (Lipinski definition) is 12. The number of aliphatic hydroxyl groups is 2. The summed E-state index contributed by atoms with van der Waals surface area (Å²) >= 11 is 0. The molecule has 0 fully saturated rings. The molecule has 9 N–H and O–H groups in total. The second-order valence-corrected chi connectivity index (χ2v) is 22.3. The van der Waals surface area contributed by atoms with Gasteiger partial charge in [0.1, 0.15) is 35.0 Å². The van der Waals surface area contributed by atoms with Crippen molar-refractivity contribution in [3.8, 4) is 51.7 Å². The molecule has 0 saturated heterocycles. The second-order valence-electron chi connectivity index (χ2n) is 22.3. The van der Waals surface area contributed by atoms with Crippen molar-refractivity contribution in [1.82, 2.24) is 26.3 Å². The van der Waals surface area contributed by atoms with Crippen molar-refractivity contribution in [2.45, 2.75) is 113 Å². The molecule has 13 nitrogen and oxygen atoms in total. The molecule has 4 heterocycles. The van der Waals surface area contributed by atoms with E-state index in [-0.39, 0.29) is 43.3 Å². The Hall–Kier alpha value is -6.34. The molecule has 76 heavy (non-hydrogen) atoms. The number of aryl methyl sites for hydroxylation is 2. The van der Waals surface area contributed by atoms with Gasteiger partial charge in [0.25, 0.3) is 0 Å². The van der Waals surface area contributed by atoms with Crippen molar-refractivity contribution in [2.24, 2.45) is 5.92 Å². The predicted octanol–water partition coefficient (Wildman–Crippen LogP) is 8.45. The Morgan fingerprint density at radius 3 is 2.59 bits per heavy atom. The number of aromatic hydroxyl groups is 2. The maximum Gasteiger partial charge on any atom is 0.161 e. The van der Waals surface area contributed by atoms with Crippen LogP contribution in [0.5, 0.6) is 28.7 Å². The summed E-state index contributed by atoms with van der Waals surface area (Å²) in [7, 11) is 3.84. The number of hydrogen-bond donors (Lipinski definition) is 9. The highest BCUT2D eigenvalue weighted by Gasteiger charge is 2.55. The predicted molar refractivity (Wildman–Crippen MR) is 297 cm³/mol. The molecule has 7 unspecified atom stereocenters. The zero-order valence-electron chi connectivity index (χ0n) is 44.4. The van der Waals surface area contributed by atoms with E-state index in [1.54, 1.807) is 0 Å². The van der Waals surface area contributed by atoms with Crippen molar-refractivity contribution in [3.63, 3.8) is 0 Å². The maximum atomic E-state index is 12.0. The minimum atomic E-state index is -1.23. The van der Waals surface area contributed by atoms with Crippen LogP contribution in [0.2, 0.25) is 0 Å². The lowest BCUT2D eigenvalue weighted by Gasteiger charge is -2.50. The Bertz CT molecular complexity index is 3210. The number of likely N-dealkylation sites (N-methyl/N-ethyl adjacent to an activating group) is 1. The molecule has 0 spiro atoms. The molecule has 2 aliphatic carbocycles. The molecule has 398 valence electrons. The van der Waals surface area contributed by atoms with Gasteiger partial charge in [0, 0.05) is 72.5 Å². The summed E-state index contributed by atoms with van der Waals surface area (Å²) in [4.78, 5) is 3.38. The first-order chi connectivity index (χ1) is 36.9. The van der Waals surface area contributed by atoms with E-state index in [0.717, 1.165) is 72.3 Å². The van der Waals surface area contributed by atoms with Crippen molar-refractivity contribution in [1.29, 1.82) is 0 Å². The fourth-order valence-electron chi connectivity index (χ4n) is 13.2. The minimum absolute atomic E-state index is 0.0566. The first kappa shape index (κ1) is 51.8. The molecule has 0 radical (unpaired) electrons. The van der Waals surface area contributed by atoms with Crippen molar-refractivity contribution < 1.29 is 39.4 Å². The average Bonchev–Trinajstić information content (AvgIpc) is 3.90. The van der Waals surface area contributed by atoms with Crippen LogP contribution in [-0.4, -0.2) is 103 Å². The van der Waals surface area contributed by atoms with Gasteiger partial charge in [-0.1, -0.05) is 68.2 Å². The van der Waals surface area contributed by atoms with Gasteiger partial charge in [-0.3, -0.25) is 10.6 Å². The van der Waals surface area contributed by atoms with Crippen molar-refractivity contribution in [3.05, 3.63) is 141 Å². The smallest absolute Gasteiger partial charge is 0.161 e. The van der Waals surface area contributed by atoms with Crippen LogP contribution in [0, 0.1) is 17.8 Å². The Labute approximate surface area is 446 Å². The molecule has 3 aliphatic heterocycles. The highest BCUT2D eigenvalue weighted by Crippen LogP contribution is 2.62. The molecular formula is C63H73N5O8. The number of fused-ring (bicyclic) bond motifs is 12. The Morgan fingerprint density at radius 2 is 1.79 bits per heavy atom. The van der Waals surface area contributed by atoms with Crippen molar-refractivity contribution in [2.75, 3.05) is 53.8 Å². The lowest BCUT2D eigenvalue weighted by Crippen LogP contribution is -2.62. The second kappa shape index (κ2) is 21.6. The number of phenolic OH excluding ortho intramolecular Hbond substituents is 2. The SMILES string of the molecule is CNCOC12Cc3c4c(c5c(c3OC1c1cc(CCc3ccccc3)c(O)c(c1)OCCC#CC2NCNCC(C)(O)CC(C)C)CCC(CO)O5)-c1ccc(O)c2c1C(C4)C(c1ccc3[nH]ccc3c1)C(CNC)=C2. The molecule has 11 rings (SSSR count). The molecule has 1 aromatic heterocycles. The number of ether oxygens (including phenoxy) is 4. The monoisotopic (exact) mass is 1030 g/mol. The van der Waals surface area contributed by atoms with Gasteiger partial charge in [-0.15, -0.1) is 0 Å². The summed E-state index contributed by atoms with van der Waals surface area (Å²) < 4.78 is 28.7. The van der Waals surface area contributed by atoms with E-state index in [4.69, 9.17) is 18.9 Å². The first-order valence-corrected chi connectivity index (χ1v) is 27.3. The molecule has 5 aliphatic rings. The Morgan fingerprint density at radius 1 is 0.934 bits per heavy atom. The van der Waals surface area contributed by atoms with Crippen LogP contribution in [0.4, 0.5) is 0 Å². The van der Waals surface area contributed by atoms with Gasteiger partial charge < -0.3 is 55.0 Å². The fraction of sp³-hybridized carbons (Fsp3) is 0.429. The molecule has 13 heteroatoms. The molecule has 7 atom stereocenters. The van der Waals surface area contributed by atoms with Gasteiger partial charge in [0.15, 0.2) is 17.6 Å². The first-order valence-electron chi connectivity index (χ1n) is 27.3. The number of aromatic nitrogens is 1. The zero-order chi connectivity index (χ0) is 52.7. The number of phenols is 2. The minimum Gasteiger partial charge on any atom is -0.507 e. The van der Waals surface area contributed by atoms with Gasteiger partial charge >= 0.3 is 0 Å². The summed E-state index contributed by atoms with van der Waals surface area (Å²) in [5.41, 5.74) is 10.8. The highest BCUT2D eigenvalue weighted by molar-refractivity contribution is 5.90. The summed E-state index contributed by atoms with van der Waals surface area (Å²) in [5, 5.41) is 61.3. The van der Waals surface area contributed by atoms with E-state index in [1.807, 2.05) is 57.5 Å². The van der Waals surface area contributed by atoms with Crippen LogP contribution in [0.3, 0.4) is 0 Å². The Kier molecular flexibility index (Phi) is 14.7. The number of nitrogens with one attached hydrogen (secondary N) is 5. The van der Waals surface area contributed by atoms with E-state index in [9.17, 15) is 20.4 Å². The molecule has 5 aromatic carbocycles. The van der Waals surface area contributed by atoms with E-state index < -0.39 is 29.5 Å². The number of aromatic amines is 1. The molecule has 6 aromatic rings. The van der Waals surface area contributed by atoms with Crippen LogP contribution in [0.1, 0.15) is 108 Å². The largest absolute Gasteiger partial charge is 0.507 e. The van der Waals surface area contributed by atoms with Gasteiger partial charge in [-0.25, -0.2) is 0 Å². The van der Waals surface area contributed by atoms with Crippen LogP contribution in [0.25, 0.3) is 28.1 Å². The van der Waals surface area contributed by atoms with Crippen LogP contribution in [0.15, 0.2) is 90.6 Å². The fourth-order valence-corrected chi connectivity index (χ4v) is 13.2.